The zero-order valence-electron chi connectivity index (χ0n) is 16.1. The summed E-state index contributed by atoms with van der Waals surface area (Å²) in [4.78, 5) is 14.3. The predicted octanol–water partition coefficient (Wildman–Crippen LogP) is 5.57. The van der Waals surface area contributed by atoms with Gasteiger partial charge in [-0.2, -0.15) is 0 Å². The zero-order valence-corrected chi connectivity index (χ0v) is 16.9. The molecule has 3 rings (SSSR count). The van der Waals surface area contributed by atoms with Crippen LogP contribution in [0.4, 0.5) is 5.69 Å². The van der Waals surface area contributed by atoms with Gasteiger partial charge in [0.1, 0.15) is 11.1 Å². The summed E-state index contributed by atoms with van der Waals surface area (Å²) in [6.45, 7) is 2.30. The lowest BCUT2D eigenvalue weighted by Gasteiger charge is -2.24. The van der Waals surface area contributed by atoms with Gasteiger partial charge in [0.15, 0.2) is 0 Å². The number of carbonyl (C=O) groups is 1. The number of alkyl halides is 1. The molecule has 0 aliphatic carbocycles. The number of rotatable bonds is 7. The van der Waals surface area contributed by atoms with Crippen LogP contribution in [-0.2, 0) is 11.2 Å². The lowest BCUT2D eigenvalue weighted by atomic mass is 10.0. The summed E-state index contributed by atoms with van der Waals surface area (Å²) in [5, 5.41) is -0.558. The van der Waals surface area contributed by atoms with Gasteiger partial charge in [0, 0.05) is 12.2 Å². The van der Waals surface area contributed by atoms with Crippen molar-refractivity contribution in [2.24, 2.45) is 0 Å². The Balaban J connectivity index is 1.70. The Morgan fingerprint density at radius 1 is 0.929 bits per heavy atom. The average molecular weight is 394 g/mol. The van der Waals surface area contributed by atoms with Crippen molar-refractivity contribution in [1.82, 2.24) is 0 Å². The van der Waals surface area contributed by atoms with E-state index in [4.69, 9.17) is 16.3 Å². The topological polar surface area (TPSA) is 29.5 Å². The minimum absolute atomic E-state index is 0.0808. The van der Waals surface area contributed by atoms with Crippen LogP contribution in [0.5, 0.6) is 5.75 Å². The number of halogens is 1. The van der Waals surface area contributed by atoms with E-state index in [0.29, 0.717) is 6.54 Å². The lowest BCUT2D eigenvalue weighted by molar-refractivity contribution is -0.118. The molecule has 0 bridgehead atoms. The van der Waals surface area contributed by atoms with Gasteiger partial charge in [-0.1, -0.05) is 54.6 Å². The number of ether oxygens (including phenoxy) is 1. The molecule has 0 saturated heterocycles. The largest absolute Gasteiger partial charge is 0.497 e. The molecule has 0 N–H and O–H groups in total. The molecule has 3 nitrogen and oxygen atoms in total. The molecule has 3 aromatic carbocycles. The Morgan fingerprint density at radius 3 is 2.04 bits per heavy atom. The summed E-state index contributed by atoms with van der Waals surface area (Å²) in [6.07, 6.45) is 0.757. The van der Waals surface area contributed by atoms with Crippen LogP contribution in [0.25, 0.3) is 11.1 Å². The lowest BCUT2D eigenvalue weighted by Crippen LogP contribution is -2.37. The number of carbonyl (C=O) groups excluding carboxylic acids is 1. The number of amides is 1. The van der Waals surface area contributed by atoms with Crippen molar-refractivity contribution >= 4 is 23.2 Å². The van der Waals surface area contributed by atoms with Crippen molar-refractivity contribution in [1.29, 1.82) is 0 Å². The van der Waals surface area contributed by atoms with E-state index in [2.05, 4.69) is 24.3 Å². The van der Waals surface area contributed by atoms with E-state index < -0.39 is 5.38 Å². The fourth-order valence-corrected chi connectivity index (χ4v) is 3.20. The highest BCUT2D eigenvalue weighted by molar-refractivity contribution is 6.32. The van der Waals surface area contributed by atoms with Crippen molar-refractivity contribution in [2.75, 3.05) is 18.6 Å². The number of hydrogen-bond donors (Lipinski definition) is 0. The molecule has 0 heterocycles. The Morgan fingerprint density at radius 2 is 1.50 bits per heavy atom. The van der Waals surface area contributed by atoms with Crippen LogP contribution in [0.2, 0.25) is 0 Å². The highest BCUT2D eigenvalue weighted by Crippen LogP contribution is 2.23. The summed E-state index contributed by atoms with van der Waals surface area (Å²) in [6, 6.07) is 26.1. The molecule has 144 valence electrons. The van der Waals surface area contributed by atoms with E-state index in [-0.39, 0.29) is 5.91 Å². The first kappa shape index (κ1) is 20.0. The van der Waals surface area contributed by atoms with Gasteiger partial charge in [0.2, 0.25) is 5.91 Å². The zero-order chi connectivity index (χ0) is 19.9. The molecule has 4 heteroatoms. The number of benzene rings is 3. The first-order valence-electron chi connectivity index (χ1n) is 9.32. The van der Waals surface area contributed by atoms with E-state index in [1.54, 1.807) is 18.9 Å². The Hall–Kier alpha value is -2.78. The summed E-state index contributed by atoms with van der Waals surface area (Å²) >= 11 is 6.06. The minimum Gasteiger partial charge on any atom is -0.497 e. The van der Waals surface area contributed by atoms with Gasteiger partial charge in [-0.25, -0.2) is 0 Å². The second kappa shape index (κ2) is 9.43. The third-order valence-electron chi connectivity index (χ3n) is 4.68. The maximum atomic E-state index is 12.5. The van der Waals surface area contributed by atoms with Gasteiger partial charge in [-0.05, 0) is 54.3 Å². The first-order valence-corrected chi connectivity index (χ1v) is 9.76. The number of para-hydroxylation sites is 1. The smallest absolute Gasteiger partial charge is 0.244 e. The maximum absolute atomic E-state index is 12.5. The molecule has 0 aliphatic rings. The summed E-state index contributed by atoms with van der Waals surface area (Å²) in [5.41, 5.74) is 4.34. The fourth-order valence-electron chi connectivity index (χ4n) is 3.08. The Bertz CT molecular complexity index is 890. The Kier molecular flexibility index (Phi) is 6.72. The minimum atomic E-state index is -0.558. The molecule has 1 unspecified atom stereocenters. The molecule has 1 amide bonds. The van der Waals surface area contributed by atoms with Crippen LogP contribution in [-0.4, -0.2) is 24.9 Å². The number of nitrogens with zero attached hydrogens (tertiary/aromatic N) is 1. The molecule has 0 aromatic heterocycles. The van der Waals surface area contributed by atoms with Gasteiger partial charge < -0.3 is 9.64 Å². The molecular formula is C24H24ClNO2. The molecule has 28 heavy (non-hydrogen) atoms. The van der Waals surface area contributed by atoms with Crippen molar-refractivity contribution < 1.29 is 9.53 Å². The molecular weight excluding hydrogens is 370 g/mol. The number of anilines is 1. The van der Waals surface area contributed by atoms with Crippen LogP contribution in [0.3, 0.4) is 0 Å². The second-order valence-corrected chi connectivity index (χ2v) is 7.27. The molecule has 0 spiro atoms. The van der Waals surface area contributed by atoms with E-state index >= 15 is 0 Å². The van der Waals surface area contributed by atoms with Crippen molar-refractivity contribution in [3.63, 3.8) is 0 Å². The third-order valence-corrected chi connectivity index (χ3v) is 4.86. The summed E-state index contributed by atoms with van der Waals surface area (Å²) in [5.74, 6) is 0.766. The quantitative estimate of drug-likeness (QED) is 0.491. The van der Waals surface area contributed by atoms with Crippen LogP contribution in [0, 0.1) is 0 Å². The van der Waals surface area contributed by atoms with Crippen LogP contribution in [0.15, 0.2) is 78.9 Å². The molecule has 0 aliphatic heterocycles. The summed E-state index contributed by atoms with van der Waals surface area (Å²) < 4.78 is 5.21. The number of hydrogen-bond acceptors (Lipinski definition) is 2. The average Bonchev–Trinajstić information content (AvgIpc) is 2.75. The molecule has 1 atom stereocenters. The predicted molar refractivity (Wildman–Crippen MR) is 116 cm³/mol. The van der Waals surface area contributed by atoms with E-state index in [9.17, 15) is 4.79 Å². The first-order chi connectivity index (χ1) is 13.6. The van der Waals surface area contributed by atoms with Crippen LogP contribution in [0.1, 0.15) is 12.5 Å². The highest BCUT2D eigenvalue weighted by Gasteiger charge is 2.19. The van der Waals surface area contributed by atoms with Crippen LogP contribution < -0.4 is 9.64 Å². The van der Waals surface area contributed by atoms with Gasteiger partial charge in [0.05, 0.1) is 7.11 Å². The van der Waals surface area contributed by atoms with Gasteiger partial charge in [-0.15, -0.1) is 11.6 Å². The highest BCUT2D eigenvalue weighted by atomic mass is 35.5. The fraction of sp³-hybridized carbons (Fsp3) is 0.208. The van der Waals surface area contributed by atoms with Crippen LogP contribution >= 0.6 is 11.6 Å². The molecule has 0 radical (unpaired) electrons. The third kappa shape index (κ3) is 4.93. The van der Waals surface area contributed by atoms with Crippen molar-refractivity contribution in [3.8, 4) is 16.9 Å². The van der Waals surface area contributed by atoms with Crippen molar-refractivity contribution in [2.45, 2.75) is 18.7 Å². The SMILES string of the molecule is COc1ccc(-c2ccc(CCN(C(=O)C(C)Cl)c3ccccc3)cc2)cc1. The normalized spacial score (nSPS) is 11.7. The molecule has 3 aromatic rings. The second-order valence-electron chi connectivity index (χ2n) is 6.62. The molecule has 0 fully saturated rings. The van der Waals surface area contributed by atoms with Gasteiger partial charge >= 0.3 is 0 Å². The standard InChI is InChI=1S/C24H24ClNO2/c1-18(25)24(27)26(22-6-4-3-5-7-22)17-16-19-8-10-20(11-9-19)21-12-14-23(28-2)15-13-21/h3-15,18H,16-17H2,1-2H3. The Labute approximate surface area is 171 Å². The van der Waals surface area contributed by atoms with Crippen molar-refractivity contribution in [3.05, 3.63) is 84.4 Å². The number of methoxy groups -OCH3 is 1. The monoisotopic (exact) mass is 393 g/mol. The van der Waals surface area contributed by atoms with E-state index in [0.717, 1.165) is 29.0 Å². The summed E-state index contributed by atoms with van der Waals surface area (Å²) in [7, 11) is 1.66. The maximum Gasteiger partial charge on any atom is 0.244 e. The van der Waals surface area contributed by atoms with Gasteiger partial charge in [0.25, 0.3) is 0 Å². The van der Waals surface area contributed by atoms with Gasteiger partial charge in [-0.3, -0.25) is 4.79 Å². The molecule has 0 saturated carbocycles. The van der Waals surface area contributed by atoms with E-state index in [1.165, 1.54) is 5.56 Å². The van der Waals surface area contributed by atoms with E-state index in [1.807, 2.05) is 54.6 Å².